The molecular formula is C13H15FN2O4S. The van der Waals surface area contributed by atoms with Crippen LogP contribution in [0.4, 0.5) is 4.39 Å². The summed E-state index contributed by atoms with van der Waals surface area (Å²) in [7, 11) is -3.16. The third-order valence-corrected chi connectivity index (χ3v) is 5.10. The number of sulfone groups is 1. The molecule has 8 heteroatoms. The highest BCUT2D eigenvalue weighted by Crippen LogP contribution is 2.18. The normalized spacial score (nSPS) is 20.0. The van der Waals surface area contributed by atoms with E-state index in [1.54, 1.807) is 6.92 Å². The number of carbonyl (C=O) groups is 2. The number of aryl methyl sites for hydroxylation is 1. The first-order valence-electron chi connectivity index (χ1n) is 6.35. The van der Waals surface area contributed by atoms with Crippen LogP contribution in [0.3, 0.4) is 0 Å². The topological polar surface area (TPSA) is 92.3 Å². The lowest BCUT2D eigenvalue weighted by Gasteiger charge is -2.11. The number of hydrogen-bond donors (Lipinski definition) is 2. The highest BCUT2D eigenvalue weighted by atomic mass is 32.2. The largest absolute Gasteiger partial charge is 0.273 e. The molecular weight excluding hydrogens is 299 g/mol. The predicted molar refractivity (Wildman–Crippen MR) is 73.5 cm³/mol. The monoisotopic (exact) mass is 314 g/mol. The molecule has 6 nitrogen and oxygen atoms in total. The van der Waals surface area contributed by atoms with E-state index in [1.165, 1.54) is 12.1 Å². The Morgan fingerprint density at radius 2 is 2.00 bits per heavy atom. The van der Waals surface area contributed by atoms with Crippen molar-refractivity contribution in [3.8, 4) is 0 Å². The van der Waals surface area contributed by atoms with Crippen LogP contribution in [0.15, 0.2) is 18.2 Å². The molecule has 1 fully saturated rings. The van der Waals surface area contributed by atoms with Gasteiger partial charge in [0.15, 0.2) is 9.84 Å². The van der Waals surface area contributed by atoms with E-state index >= 15 is 0 Å². The Kier molecular flexibility index (Phi) is 4.26. The van der Waals surface area contributed by atoms with Gasteiger partial charge in [-0.05, 0) is 31.0 Å². The number of benzene rings is 1. The Morgan fingerprint density at radius 1 is 1.29 bits per heavy atom. The van der Waals surface area contributed by atoms with Gasteiger partial charge in [0, 0.05) is 5.56 Å². The van der Waals surface area contributed by atoms with Gasteiger partial charge in [-0.1, -0.05) is 6.07 Å². The minimum Gasteiger partial charge on any atom is -0.273 e. The SMILES string of the molecule is Cc1ccc(C(=O)NNC(=O)[C@H]2CCS(=O)(=O)C2)cc1F. The van der Waals surface area contributed by atoms with Crippen molar-refractivity contribution in [3.63, 3.8) is 0 Å². The van der Waals surface area contributed by atoms with Crippen LogP contribution in [-0.4, -0.2) is 31.7 Å². The molecule has 0 radical (unpaired) electrons. The third kappa shape index (κ3) is 3.78. The van der Waals surface area contributed by atoms with Crippen molar-refractivity contribution in [3.05, 3.63) is 35.1 Å². The number of halogens is 1. The van der Waals surface area contributed by atoms with E-state index in [0.29, 0.717) is 5.56 Å². The zero-order valence-electron chi connectivity index (χ0n) is 11.3. The molecule has 1 aromatic carbocycles. The van der Waals surface area contributed by atoms with Gasteiger partial charge < -0.3 is 0 Å². The van der Waals surface area contributed by atoms with Crippen LogP contribution in [0.2, 0.25) is 0 Å². The van der Waals surface area contributed by atoms with Crippen molar-refractivity contribution in [1.29, 1.82) is 0 Å². The third-order valence-electron chi connectivity index (χ3n) is 3.34. The molecule has 2 amide bonds. The van der Waals surface area contributed by atoms with Gasteiger partial charge in [-0.25, -0.2) is 12.8 Å². The van der Waals surface area contributed by atoms with E-state index in [0.717, 1.165) is 6.07 Å². The zero-order valence-corrected chi connectivity index (χ0v) is 12.2. The molecule has 0 unspecified atom stereocenters. The van der Waals surface area contributed by atoms with Crippen molar-refractivity contribution in [1.82, 2.24) is 10.9 Å². The molecule has 0 aromatic heterocycles. The lowest BCUT2D eigenvalue weighted by molar-refractivity contribution is -0.125. The maximum atomic E-state index is 13.3. The summed E-state index contributed by atoms with van der Waals surface area (Å²) in [6.07, 6.45) is 0.239. The fraction of sp³-hybridized carbons (Fsp3) is 0.385. The second-order valence-electron chi connectivity index (χ2n) is 5.01. The van der Waals surface area contributed by atoms with Gasteiger partial charge in [0.2, 0.25) is 5.91 Å². The Balaban J connectivity index is 1.92. The molecule has 0 spiro atoms. The molecule has 21 heavy (non-hydrogen) atoms. The minimum atomic E-state index is -3.16. The van der Waals surface area contributed by atoms with Gasteiger partial charge in [0.05, 0.1) is 17.4 Å². The minimum absolute atomic E-state index is 0.0256. The number of rotatable bonds is 2. The fourth-order valence-electron chi connectivity index (χ4n) is 2.03. The molecule has 114 valence electrons. The lowest BCUT2D eigenvalue weighted by atomic mass is 10.1. The van der Waals surface area contributed by atoms with Crippen LogP contribution in [0.5, 0.6) is 0 Å². The molecule has 0 saturated carbocycles. The molecule has 0 bridgehead atoms. The van der Waals surface area contributed by atoms with E-state index in [9.17, 15) is 22.4 Å². The highest BCUT2D eigenvalue weighted by molar-refractivity contribution is 7.91. The van der Waals surface area contributed by atoms with Crippen LogP contribution in [0.1, 0.15) is 22.3 Å². The molecule has 1 heterocycles. The smallest absolute Gasteiger partial charge is 0.269 e. The number of hydrogen-bond acceptors (Lipinski definition) is 4. The average Bonchev–Trinajstić information content (AvgIpc) is 2.79. The van der Waals surface area contributed by atoms with Crippen molar-refractivity contribution in [2.75, 3.05) is 11.5 Å². The molecule has 2 N–H and O–H groups in total. The maximum absolute atomic E-state index is 13.3. The quantitative estimate of drug-likeness (QED) is 0.770. The predicted octanol–water partition coefficient (Wildman–Crippen LogP) is 0.330. The van der Waals surface area contributed by atoms with Crippen molar-refractivity contribution in [2.45, 2.75) is 13.3 Å². The van der Waals surface area contributed by atoms with E-state index in [4.69, 9.17) is 0 Å². The van der Waals surface area contributed by atoms with E-state index in [2.05, 4.69) is 10.9 Å². The van der Waals surface area contributed by atoms with Gasteiger partial charge in [-0.3, -0.25) is 20.4 Å². The molecule has 2 rings (SSSR count). The molecule has 1 atom stereocenters. The van der Waals surface area contributed by atoms with Crippen molar-refractivity contribution >= 4 is 21.7 Å². The van der Waals surface area contributed by atoms with E-state index in [-0.39, 0.29) is 23.5 Å². The van der Waals surface area contributed by atoms with Gasteiger partial charge in [0.25, 0.3) is 5.91 Å². The fourth-order valence-corrected chi connectivity index (χ4v) is 3.77. The number of amides is 2. The summed E-state index contributed by atoms with van der Waals surface area (Å²) in [5.41, 5.74) is 4.80. The number of nitrogens with one attached hydrogen (secondary N) is 2. The van der Waals surface area contributed by atoms with Gasteiger partial charge in [-0.2, -0.15) is 0 Å². The average molecular weight is 314 g/mol. The Hall–Kier alpha value is -1.96. The molecule has 1 aliphatic heterocycles. The van der Waals surface area contributed by atoms with E-state index < -0.39 is 33.4 Å². The van der Waals surface area contributed by atoms with Crippen LogP contribution in [0, 0.1) is 18.7 Å². The molecule has 1 aliphatic rings. The molecule has 1 saturated heterocycles. The van der Waals surface area contributed by atoms with Crippen LogP contribution < -0.4 is 10.9 Å². The molecule has 1 aromatic rings. The maximum Gasteiger partial charge on any atom is 0.269 e. The zero-order chi connectivity index (χ0) is 15.6. The first-order chi connectivity index (χ1) is 9.78. The second kappa shape index (κ2) is 5.80. The summed E-state index contributed by atoms with van der Waals surface area (Å²) in [5.74, 6) is -2.64. The van der Waals surface area contributed by atoms with Crippen LogP contribution in [0.25, 0.3) is 0 Å². The summed E-state index contributed by atoms with van der Waals surface area (Å²) >= 11 is 0. The van der Waals surface area contributed by atoms with Gasteiger partial charge in [0.1, 0.15) is 5.82 Å². The number of hydrazine groups is 1. The Morgan fingerprint density at radius 3 is 2.57 bits per heavy atom. The van der Waals surface area contributed by atoms with Crippen LogP contribution in [-0.2, 0) is 14.6 Å². The standard InChI is InChI=1S/C13H15FN2O4S/c1-8-2-3-9(6-11(8)14)12(17)15-16-13(18)10-4-5-21(19,20)7-10/h2-3,6,10H,4-5,7H2,1H3,(H,15,17)(H,16,18)/t10-/m0/s1. The summed E-state index contributed by atoms with van der Waals surface area (Å²) in [4.78, 5) is 23.5. The van der Waals surface area contributed by atoms with Crippen molar-refractivity contribution in [2.24, 2.45) is 5.92 Å². The lowest BCUT2D eigenvalue weighted by Crippen LogP contribution is -2.44. The Bertz CT molecular complexity index is 687. The Labute approximate surface area is 121 Å². The first kappa shape index (κ1) is 15.4. The van der Waals surface area contributed by atoms with Gasteiger partial charge in [-0.15, -0.1) is 0 Å². The van der Waals surface area contributed by atoms with Crippen LogP contribution >= 0.6 is 0 Å². The van der Waals surface area contributed by atoms with E-state index in [1.807, 2.05) is 0 Å². The second-order valence-corrected chi connectivity index (χ2v) is 7.24. The summed E-state index contributed by atoms with van der Waals surface area (Å²) in [6.45, 7) is 1.57. The number of carbonyl (C=O) groups excluding carboxylic acids is 2. The first-order valence-corrected chi connectivity index (χ1v) is 8.17. The van der Waals surface area contributed by atoms with Gasteiger partial charge >= 0.3 is 0 Å². The summed E-state index contributed by atoms with van der Waals surface area (Å²) in [6, 6.07) is 3.95. The summed E-state index contributed by atoms with van der Waals surface area (Å²) in [5, 5.41) is 0. The molecule has 0 aliphatic carbocycles. The highest BCUT2D eigenvalue weighted by Gasteiger charge is 2.33. The summed E-state index contributed by atoms with van der Waals surface area (Å²) < 4.78 is 35.9. The van der Waals surface area contributed by atoms with Crippen molar-refractivity contribution < 1.29 is 22.4 Å².